The topological polar surface area (TPSA) is 83.3 Å². The molecule has 1 saturated heterocycles. The largest absolute Gasteiger partial charge is 0.478 e. The fourth-order valence-electron chi connectivity index (χ4n) is 4.22. The number of hydrogen-bond acceptors (Lipinski definition) is 4. The van der Waals surface area contributed by atoms with Crippen LogP contribution in [0.15, 0.2) is 91.5 Å². The van der Waals surface area contributed by atoms with Crippen molar-refractivity contribution < 1.29 is 9.90 Å². The van der Waals surface area contributed by atoms with Crippen LogP contribution in [0.5, 0.6) is 0 Å². The fourth-order valence-corrected chi connectivity index (χ4v) is 4.53. The number of carbonyl (C=O) groups is 1. The van der Waals surface area contributed by atoms with Gasteiger partial charge in [0.25, 0.3) is 0 Å². The van der Waals surface area contributed by atoms with Crippen molar-refractivity contribution in [3.63, 3.8) is 0 Å². The van der Waals surface area contributed by atoms with Crippen molar-refractivity contribution in [2.45, 2.75) is 18.6 Å². The molecule has 0 spiro atoms. The number of thiocarbonyl (C=S) groups is 1. The predicted octanol–water partition coefficient (Wildman–Crippen LogP) is 4.14. The van der Waals surface area contributed by atoms with E-state index in [-0.39, 0.29) is 17.6 Å². The molecule has 0 unspecified atom stereocenters. The summed E-state index contributed by atoms with van der Waals surface area (Å²) >= 11 is 5.77. The van der Waals surface area contributed by atoms with E-state index in [0.717, 1.165) is 22.6 Å². The van der Waals surface area contributed by atoms with Crippen molar-refractivity contribution in [3.05, 3.63) is 114 Å². The maximum atomic E-state index is 11.3. The third kappa shape index (κ3) is 4.08. The molecule has 4 heterocycles. The molecule has 33 heavy (non-hydrogen) atoms. The van der Waals surface area contributed by atoms with Crippen LogP contribution in [0, 0.1) is 0 Å². The summed E-state index contributed by atoms with van der Waals surface area (Å²) in [6.45, 7) is 0.594. The zero-order chi connectivity index (χ0) is 22.8. The Morgan fingerprint density at radius 1 is 1.03 bits per heavy atom. The van der Waals surface area contributed by atoms with Crippen molar-refractivity contribution in [2.24, 2.45) is 0 Å². The van der Waals surface area contributed by atoms with Crippen molar-refractivity contribution in [2.75, 3.05) is 0 Å². The molecule has 2 atom stereocenters. The predicted molar refractivity (Wildman–Crippen MR) is 128 cm³/mol. The number of pyridine rings is 2. The molecular formula is C25H21N5O2S. The van der Waals surface area contributed by atoms with Gasteiger partial charge in [-0.1, -0.05) is 12.1 Å². The van der Waals surface area contributed by atoms with Crippen molar-refractivity contribution >= 4 is 23.3 Å². The molecule has 1 aliphatic heterocycles. The lowest BCUT2D eigenvalue weighted by Gasteiger charge is -2.29. The zero-order valence-electron chi connectivity index (χ0n) is 17.6. The lowest BCUT2D eigenvalue weighted by molar-refractivity contribution is 0.0697. The minimum Gasteiger partial charge on any atom is -0.478 e. The first-order valence-corrected chi connectivity index (χ1v) is 10.9. The zero-order valence-corrected chi connectivity index (χ0v) is 18.4. The Morgan fingerprint density at radius 2 is 1.88 bits per heavy atom. The summed E-state index contributed by atoms with van der Waals surface area (Å²) in [4.78, 5) is 22.3. The Labute approximate surface area is 196 Å². The number of carboxylic acid groups (broad SMARTS) is 1. The van der Waals surface area contributed by atoms with Gasteiger partial charge < -0.3 is 19.9 Å². The van der Waals surface area contributed by atoms with E-state index in [1.54, 1.807) is 24.5 Å². The van der Waals surface area contributed by atoms with Gasteiger partial charge >= 0.3 is 5.97 Å². The number of benzene rings is 1. The van der Waals surface area contributed by atoms with E-state index in [2.05, 4.69) is 30.8 Å². The van der Waals surface area contributed by atoms with Gasteiger partial charge in [-0.15, -0.1) is 0 Å². The molecule has 0 saturated carbocycles. The highest BCUT2D eigenvalue weighted by atomic mass is 32.1. The Bertz CT molecular complexity index is 1280. The van der Waals surface area contributed by atoms with E-state index in [0.29, 0.717) is 11.7 Å². The minimum absolute atomic E-state index is 0.137. The van der Waals surface area contributed by atoms with Gasteiger partial charge in [0.1, 0.15) is 0 Å². The van der Waals surface area contributed by atoms with E-state index in [1.165, 1.54) is 0 Å². The number of aromatic carboxylic acids is 1. The third-order valence-electron chi connectivity index (χ3n) is 5.75. The highest BCUT2D eigenvalue weighted by molar-refractivity contribution is 7.80. The van der Waals surface area contributed by atoms with E-state index in [4.69, 9.17) is 12.2 Å². The summed E-state index contributed by atoms with van der Waals surface area (Å²) < 4.78 is 2.07. The maximum absolute atomic E-state index is 11.3. The molecule has 8 heteroatoms. The molecule has 1 fully saturated rings. The lowest BCUT2D eigenvalue weighted by atomic mass is 10.0. The molecule has 1 aliphatic rings. The third-order valence-corrected chi connectivity index (χ3v) is 6.10. The monoisotopic (exact) mass is 455 g/mol. The molecule has 5 rings (SSSR count). The molecular weight excluding hydrogens is 434 g/mol. The first-order valence-electron chi connectivity index (χ1n) is 10.5. The second-order valence-corrected chi connectivity index (χ2v) is 8.16. The molecule has 0 aliphatic carbocycles. The fraction of sp³-hybridized carbons (Fsp3) is 0.120. The van der Waals surface area contributed by atoms with Crippen LogP contribution in [0.4, 0.5) is 0 Å². The van der Waals surface area contributed by atoms with Crippen LogP contribution in [0.2, 0.25) is 0 Å². The van der Waals surface area contributed by atoms with Gasteiger partial charge in [0.15, 0.2) is 5.11 Å². The van der Waals surface area contributed by atoms with E-state index < -0.39 is 5.97 Å². The van der Waals surface area contributed by atoms with Gasteiger partial charge in [-0.05, 0) is 72.4 Å². The summed E-state index contributed by atoms with van der Waals surface area (Å²) in [5, 5.41) is 13.4. The van der Waals surface area contributed by atoms with Gasteiger partial charge in [-0.2, -0.15) is 0 Å². The van der Waals surface area contributed by atoms with Crippen molar-refractivity contribution in [1.82, 2.24) is 24.8 Å². The van der Waals surface area contributed by atoms with Crippen LogP contribution in [-0.4, -0.2) is 35.6 Å². The highest BCUT2D eigenvalue weighted by Gasteiger charge is 2.41. The Morgan fingerprint density at radius 3 is 2.58 bits per heavy atom. The number of aromatic nitrogens is 3. The van der Waals surface area contributed by atoms with E-state index in [9.17, 15) is 9.90 Å². The standard InChI is InChI=1S/C25H21N5O2S/c31-24(32)18-8-10-19(11-9-18)29-14-4-7-21(29)23-22(20-6-1-2-13-27-20)28-25(33)30(23)16-17-5-3-12-26-15-17/h1-15,22-23H,16H2,(H,28,33)(H,31,32)/t22-,23-/m0/s1. The van der Waals surface area contributed by atoms with Gasteiger partial charge in [-0.3, -0.25) is 9.97 Å². The number of rotatable bonds is 6. The van der Waals surface area contributed by atoms with Crippen LogP contribution >= 0.6 is 12.2 Å². The van der Waals surface area contributed by atoms with Crippen LogP contribution < -0.4 is 5.32 Å². The first-order chi connectivity index (χ1) is 16.1. The number of hydrogen-bond donors (Lipinski definition) is 2. The molecule has 4 aromatic rings. The molecule has 0 radical (unpaired) electrons. The second-order valence-electron chi connectivity index (χ2n) is 7.77. The van der Waals surface area contributed by atoms with Crippen LogP contribution in [-0.2, 0) is 6.54 Å². The number of nitrogens with one attached hydrogen (secondary N) is 1. The molecule has 164 valence electrons. The molecule has 0 bridgehead atoms. The average Bonchev–Trinajstić information content (AvgIpc) is 3.45. The molecule has 3 aromatic heterocycles. The van der Waals surface area contributed by atoms with Crippen molar-refractivity contribution in [1.29, 1.82) is 0 Å². The number of carboxylic acids is 1. The molecule has 2 N–H and O–H groups in total. The highest BCUT2D eigenvalue weighted by Crippen LogP contribution is 2.40. The molecule has 7 nitrogen and oxygen atoms in total. The number of nitrogens with zero attached hydrogens (tertiary/aromatic N) is 4. The minimum atomic E-state index is -0.947. The van der Waals surface area contributed by atoms with Gasteiger partial charge in [0.2, 0.25) is 0 Å². The normalized spacial score (nSPS) is 17.7. The quantitative estimate of drug-likeness (QED) is 0.423. The Kier molecular flexibility index (Phi) is 5.58. The summed E-state index contributed by atoms with van der Waals surface area (Å²) in [7, 11) is 0. The Balaban J connectivity index is 1.58. The average molecular weight is 456 g/mol. The second kappa shape index (κ2) is 8.84. The van der Waals surface area contributed by atoms with Crippen LogP contribution in [0.3, 0.4) is 0 Å². The lowest BCUT2D eigenvalue weighted by Crippen LogP contribution is -2.30. The Hall–Kier alpha value is -4.04. The van der Waals surface area contributed by atoms with Crippen molar-refractivity contribution in [3.8, 4) is 5.69 Å². The van der Waals surface area contributed by atoms with E-state index in [1.807, 2.05) is 60.9 Å². The van der Waals surface area contributed by atoms with Crippen LogP contribution in [0.25, 0.3) is 5.69 Å². The van der Waals surface area contributed by atoms with E-state index >= 15 is 0 Å². The summed E-state index contributed by atoms with van der Waals surface area (Å²) in [5.41, 5.74) is 4.09. The van der Waals surface area contributed by atoms with Gasteiger partial charge in [0, 0.05) is 42.7 Å². The van der Waals surface area contributed by atoms with Gasteiger partial charge in [0.05, 0.1) is 23.3 Å². The SMILES string of the molecule is O=C(O)c1ccc(-n2cccc2[C@H]2[C@H](c3ccccn3)NC(=S)N2Cc2cccnc2)cc1. The molecule has 1 aromatic carbocycles. The molecule has 0 amide bonds. The summed E-state index contributed by atoms with van der Waals surface area (Å²) in [6, 6.07) is 20.4. The van der Waals surface area contributed by atoms with Gasteiger partial charge in [-0.25, -0.2) is 4.79 Å². The summed E-state index contributed by atoms with van der Waals surface area (Å²) in [5.74, 6) is -0.947. The summed E-state index contributed by atoms with van der Waals surface area (Å²) in [6.07, 6.45) is 7.36. The smallest absolute Gasteiger partial charge is 0.335 e. The van der Waals surface area contributed by atoms with Crippen LogP contribution in [0.1, 0.15) is 39.4 Å². The maximum Gasteiger partial charge on any atom is 0.335 e. The first kappa shape index (κ1) is 20.8.